The van der Waals surface area contributed by atoms with Gasteiger partial charge in [-0.05, 0) is 38.6 Å². The molecule has 0 aromatic carbocycles. The summed E-state index contributed by atoms with van der Waals surface area (Å²) in [6, 6.07) is 0. The normalized spacial score (nSPS) is 21.9. The van der Waals surface area contributed by atoms with E-state index in [4.69, 9.17) is 9.47 Å². The van der Waals surface area contributed by atoms with Gasteiger partial charge in [0.1, 0.15) is 0 Å². The van der Waals surface area contributed by atoms with Crippen LogP contribution in [0.5, 0.6) is 0 Å². The molecular weight excluding hydrogens is 214 g/mol. The maximum absolute atomic E-state index is 5.58. The molecule has 1 rings (SSSR count). The summed E-state index contributed by atoms with van der Waals surface area (Å²) in [5, 5.41) is 0. The van der Waals surface area contributed by atoms with Crippen molar-refractivity contribution in [1.29, 1.82) is 0 Å². The van der Waals surface area contributed by atoms with Gasteiger partial charge >= 0.3 is 0 Å². The predicted octanol–water partition coefficient (Wildman–Crippen LogP) is 2.41. The molecule has 17 heavy (non-hydrogen) atoms. The third kappa shape index (κ3) is 6.39. The van der Waals surface area contributed by atoms with Crippen LogP contribution in [0.2, 0.25) is 0 Å². The lowest BCUT2D eigenvalue weighted by Gasteiger charge is -2.17. The molecule has 1 fully saturated rings. The summed E-state index contributed by atoms with van der Waals surface area (Å²) in [7, 11) is 0. The lowest BCUT2D eigenvalue weighted by atomic mass is 9.95. The van der Waals surface area contributed by atoms with Crippen molar-refractivity contribution >= 4 is 0 Å². The van der Waals surface area contributed by atoms with Crippen LogP contribution in [-0.2, 0) is 9.47 Å². The van der Waals surface area contributed by atoms with Gasteiger partial charge in [-0.25, -0.2) is 0 Å². The number of hydrogen-bond acceptors (Lipinski definition) is 3. The summed E-state index contributed by atoms with van der Waals surface area (Å²) in [6.45, 7) is 14.6. The third-order valence-electron chi connectivity index (χ3n) is 3.48. The maximum atomic E-state index is 5.58. The van der Waals surface area contributed by atoms with Crippen molar-refractivity contribution in [3.63, 3.8) is 0 Å². The van der Waals surface area contributed by atoms with Crippen molar-refractivity contribution in [2.45, 2.75) is 40.2 Å². The topological polar surface area (TPSA) is 21.7 Å². The van der Waals surface area contributed by atoms with Gasteiger partial charge in [0, 0.05) is 13.1 Å². The molecule has 1 aliphatic heterocycles. The minimum atomic E-state index is 0.309. The molecule has 0 spiro atoms. The fraction of sp³-hybridized carbons (Fsp3) is 1.00. The van der Waals surface area contributed by atoms with Crippen LogP contribution in [0.3, 0.4) is 0 Å². The number of nitrogens with zero attached hydrogens (tertiary/aromatic N) is 1. The van der Waals surface area contributed by atoms with Gasteiger partial charge in [0.05, 0.1) is 25.9 Å². The highest BCUT2D eigenvalue weighted by atomic mass is 16.5. The second kappa shape index (κ2) is 8.06. The smallest absolute Gasteiger partial charge is 0.0703 e. The van der Waals surface area contributed by atoms with Gasteiger partial charge in [-0.3, -0.25) is 0 Å². The molecule has 1 heterocycles. The Labute approximate surface area is 106 Å². The van der Waals surface area contributed by atoms with Crippen LogP contribution in [0.25, 0.3) is 0 Å². The molecule has 0 bridgehead atoms. The van der Waals surface area contributed by atoms with Crippen molar-refractivity contribution < 1.29 is 9.47 Å². The van der Waals surface area contributed by atoms with E-state index < -0.39 is 0 Å². The average molecular weight is 243 g/mol. The van der Waals surface area contributed by atoms with Gasteiger partial charge < -0.3 is 14.4 Å². The maximum Gasteiger partial charge on any atom is 0.0703 e. The minimum absolute atomic E-state index is 0.309. The monoisotopic (exact) mass is 243 g/mol. The quantitative estimate of drug-likeness (QED) is 0.611. The highest BCUT2D eigenvalue weighted by Crippen LogP contribution is 2.22. The Bertz CT molecular complexity index is 195. The Hall–Kier alpha value is -0.120. The molecule has 0 saturated carbocycles. The first-order valence-corrected chi connectivity index (χ1v) is 7.01. The Morgan fingerprint density at radius 2 is 1.88 bits per heavy atom. The fourth-order valence-electron chi connectivity index (χ4n) is 2.25. The molecular formula is C14H29NO2. The van der Waals surface area contributed by atoms with Crippen LogP contribution in [0.4, 0.5) is 0 Å². The van der Waals surface area contributed by atoms with Crippen molar-refractivity contribution in [3.8, 4) is 0 Å². The molecule has 0 aliphatic carbocycles. The van der Waals surface area contributed by atoms with E-state index in [9.17, 15) is 0 Å². The number of rotatable bonds is 8. The molecule has 102 valence electrons. The average Bonchev–Trinajstić information content (AvgIpc) is 2.71. The van der Waals surface area contributed by atoms with E-state index in [1.165, 1.54) is 19.5 Å². The molecule has 3 nitrogen and oxygen atoms in total. The highest BCUT2D eigenvalue weighted by molar-refractivity contribution is 4.77. The first-order valence-electron chi connectivity index (χ1n) is 7.01. The van der Waals surface area contributed by atoms with Crippen LogP contribution in [0.15, 0.2) is 0 Å². The van der Waals surface area contributed by atoms with Gasteiger partial charge in [0.15, 0.2) is 0 Å². The number of ether oxygens (including phenoxy) is 2. The van der Waals surface area contributed by atoms with E-state index in [0.29, 0.717) is 12.7 Å². The second-order valence-corrected chi connectivity index (χ2v) is 5.63. The SMILES string of the molecule is CC(C)OCCOCCN1CCC(C(C)C)C1. The van der Waals surface area contributed by atoms with Crippen molar-refractivity contribution in [1.82, 2.24) is 4.90 Å². The Morgan fingerprint density at radius 1 is 1.12 bits per heavy atom. The van der Waals surface area contributed by atoms with Crippen LogP contribution in [-0.4, -0.2) is 50.5 Å². The highest BCUT2D eigenvalue weighted by Gasteiger charge is 2.24. The van der Waals surface area contributed by atoms with Gasteiger partial charge in [-0.15, -0.1) is 0 Å². The first-order chi connectivity index (χ1) is 8.09. The summed E-state index contributed by atoms with van der Waals surface area (Å²) in [4.78, 5) is 2.52. The molecule has 0 aromatic rings. The zero-order valence-corrected chi connectivity index (χ0v) is 11.9. The van der Waals surface area contributed by atoms with Gasteiger partial charge in [-0.1, -0.05) is 13.8 Å². The first kappa shape index (κ1) is 14.9. The largest absolute Gasteiger partial charge is 0.378 e. The molecule has 3 heteroatoms. The zero-order chi connectivity index (χ0) is 12.7. The summed E-state index contributed by atoms with van der Waals surface area (Å²) >= 11 is 0. The van der Waals surface area contributed by atoms with E-state index in [1.54, 1.807) is 0 Å². The molecule has 1 unspecified atom stereocenters. The summed E-state index contributed by atoms with van der Waals surface area (Å²) < 4.78 is 11.0. The second-order valence-electron chi connectivity index (χ2n) is 5.63. The third-order valence-corrected chi connectivity index (χ3v) is 3.48. The molecule has 0 amide bonds. The fourth-order valence-corrected chi connectivity index (χ4v) is 2.25. The molecule has 0 N–H and O–H groups in total. The van der Waals surface area contributed by atoms with Gasteiger partial charge in [0.2, 0.25) is 0 Å². The standard InChI is InChI=1S/C14H29NO2/c1-12(2)14-5-6-15(11-14)7-8-16-9-10-17-13(3)4/h12-14H,5-11H2,1-4H3. The molecule has 1 saturated heterocycles. The van der Waals surface area contributed by atoms with Crippen LogP contribution in [0, 0.1) is 11.8 Å². The Morgan fingerprint density at radius 3 is 2.47 bits per heavy atom. The van der Waals surface area contributed by atoms with E-state index >= 15 is 0 Å². The Kier molecular flexibility index (Phi) is 7.09. The molecule has 0 aromatic heterocycles. The van der Waals surface area contributed by atoms with Gasteiger partial charge in [-0.2, -0.15) is 0 Å². The van der Waals surface area contributed by atoms with E-state index in [1.807, 2.05) is 0 Å². The van der Waals surface area contributed by atoms with Crippen LogP contribution < -0.4 is 0 Å². The number of hydrogen-bond donors (Lipinski definition) is 0. The van der Waals surface area contributed by atoms with Crippen molar-refractivity contribution in [2.75, 3.05) is 39.5 Å². The van der Waals surface area contributed by atoms with Crippen molar-refractivity contribution in [2.24, 2.45) is 11.8 Å². The lowest BCUT2D eigenvalue weighted by molar-refractivity contribution is 0.0150. The number of likely N-dealkylation sites (tertiary alicyclic amines) is 1. The molecule has 0 radical (unpaired) electrons. The Balaban J connectivity index is 1.94. The summed E-state index contributed by atoms with van der Waals surface area (Å²) in [6.07, 6.45) is 1.66. The summed E-state index contributed by atoms with van der Waals surface area (Å²) in [5.41, 5.74) is 0. The van der Waals surface area contributed by atoms with Crippen LogP contribution in [0.1, 0.15) is 34.1 Å². The van der Waals surface area contributed by atoms with Gasteiger partial charge in [0.25, 0.3) is 0 Å². The van der Waals surface area contributed by atoms with E-state index in [-0.39, 0.29) is 0 Å². The van der Waals surface area contributed by atoms with E-state index in [0.717, 1.165) is 31.6 Å². The predicted molar refractivity (Wildman–Crippen MR) is 71.3 cm³/mol. The molecule has 1 aliphatic rings. The molecule has 1 atom stereocenters. The van der Waals surface area contributed by atoms with E-state index in [2.05, 4.69) is 32.6 Å². The van der Waals surface area contributed by atoms with Crippen LogP contribution >= 0.6 is 0 Å². The minimum Gasteiger partial charge on any atom is -0.378 e. The van der Waals surface area contributed by atoms with Crippen molar-refractivity contribution in [3.05, 3.63) is 0 Å². The lowest BCUT2D eigenvalue weighted by Crippen LogP contribution is -2.26. The summed E-state index contributed by atoms with van der Waals surface area (Å²) in [5.74, 6) is 1.71. The zero-order valence-electron chi connectivity index (χ0n) is 11.9.